The quantitative estimate of drug-likeness (QED) is 0.422. The van der Waals surface area contributed by atoms with Gasteiger partial charge in [0.05, 0.1) is 16.5 Å². The number of hydrogen-bond acceptors (Lipinski definition) is 7. The van der Waals surface area contributed by atoms with Crippen LogP contribution in [0.1, 0.15) is 105 Å². The number of aromatic nitrogens is 2. The lowest BCUT2D eigenvalue weighted by atomic mass is 9.78. The molecule has 0 aromatic carbocycles. The van der Waals surface area contributed by atoms with Gasteiger partial charge in [0.25, 0.3) is 18.2 Å². The van der Waals surface area contributed by atoms with E-state index in [0.717, 1.165) is 56.3 Å². The third-order valence-corrected chi connectivity index (χ3v) is 9.51. The Balaban J connectivity index is 1.54. The molecule has 2 amide bonds. The molecule has 3 N–H and O–H groups in total. The number of fused-ring (bicyclic) bond motifs is 2. The smallest absolute Gasteiger partial charge is 0.280 e. The van der Waals surface area contributed by atoms with Crippen molar-refractivity contribution in [3.05, 3.63) is 28.5 Å². The Morgan fingerprint density at radius 3 is 2.37 bits per heavy atom. The first-order valence-electron chi connectivity index (χ1n) is 13.3. The minimum Gasteiger partial charge on any atom is -0.388 e. The van der Waals surface area contributed by atoms with Gasteiger partial charge in [-0.3, -0.25) is 9.59 Å². The minimum absolute atomic E-state index is 0.00484. The summed E-state index contributed by atoms with van der Waals surface area (Å²) in [5.41, 5.74) is -1.51. The maximum atomic E-state index is 14.4. The maximum absolute atomic E-state index is 14.4. The maximum Gasteiger partial charge on any atom is 0.280 e. The van der Waals surface area contributed by atoms with Gasteiger partial charge in [0.1, 0.15) is 11.5 Å². The third kappa shape index (κ3) is 5.02. The fraction of sp³-hybridized carbons (Fsp3) is 0.630. The van der Waals surface area contributed by atoms with E-state index < -0.39 is 24.0 Å². The Kier molecular flexibility index (Phi) is 6.96. The lowest BCUT2D eigenvalue weighted by molar-refractivity contribution is 0.0408. The van der Waals surface area contributed by atoms with E-state index in [1.807, 2.05) is 11.8 Å². The van der Waals surface area contributed by atoms with Crippen molar-refractivity contribution >= 4 is 29.0 Å². The van der Waals surface area contributed by atoms with Gasteiger partial charge in [-0.15, -0.1) is 11.3 Å². The number of nitrogens with one attached hydrogen (secondary N) is 2. The van der Waals surface area contributed by atoms with Crippen molar-refractivity contribution in [1.29, 1.82) is 0 Å². The Morgan fingerprint density at radius 2 is 1.84 bits per heavy atom. The van der Waals surface area contributed by atoms with Crippen LogP contribution in [0, 0.1) is 0 Å². The van der Waals surface area contributed by atoms with Gasteiger partial charge in [0.2, 0.25) is 0 Å². The van der Waals surface area contributed by atoms with E-state index in [-0.39, 0.29) is 50.2 Å². The van der Waals surface area contributed by atoms with E-state index in [9.17, 15) is 23.5 Å². The summed E-state index contributed by atoms with van der Waals surface area (Å²) < 4.78 is 28.8. The first-order chi connectivity index (χ1) is 17.9. The van der Waals surface area contributed by atoms with Crippen LogP contribution < -0.4 is 10.6 Å². The molecule has 2 bridgehead atoms. The van der Waals surface area contributed by atoms with E-state index >= 15 is 0 Å². The van der Waals surface area contributed by atoms with Gasteiger partial charge in [0.15, 0.2) is 5.01 Å². The topological polar surface area (TPSA) is 107 Å². The molecule has 8 nitrogen and oxygen atoms in total. The molecule has 5 rings (SSSR count). The summed E-state index contributed by atoms with van der Waals surface area (Å²) in [6, 6.07) is 0.953. The molecule has 2 aliphatic heterocycles. The number of nitrogens with zero attached hydrogens (tertiary/aromatic N) is 3. The fourth-order valence-corrected chi connectivity index (χ4v) is 6.59. The van der Waals surface area contributed by atoms with Crippen LogP contribution in [0.2, 0.25) is 0 Å². The normalized spacial score (nSPS) is 22.9. The molecule has 4 heterocycles. The number of thiazole rings is 1. The average Bonchev–Trinajstić information content (AvgIpc) is 3.56. The van der Waals surface area contributed by atoms with E-state index in [1.165, 1.54) is 12.3 Å². The van der Waals surface area contributed by atoms with Crippen LogP contribution in [0.25, 0.3) is 10.4 Å². The Labute approximate surface area is 225 Å². The van der Waals surface area contributed by atoms with Gasteiger partial charge >= 0.3 is 0 Å². The second-order valence-electron chi connectivity index (χ2n) is 11.7. The zero-order valence-corrected chi connectivity index (χ0v) is 23.0. The summed E-state index contributed by atoms with van der Waals surface area (Å²) in [5.74, 6) is -0.546. The highest BCUT2D eigenvalue weighted by Crippen LogP contribution is 2.43. The van der Waals surface area contributed by atoms with Crippen molar-refractivity contribution in [1.82, 2.24) is 20.2 Å². The molecule has 0 spiro atoms. The van der Waals surface area contributed by atoms with Gasteiger partial charge in [-0.25, -0.2) is 18.7 Å². The number of aliphatic hydroxyl groups is 1. The van der Waals surface area contributed by atoms with Crippen LogP contribution in [-0.4, -0.2) is 61.1 Å². The van der Waals surface area contributed by atoms with Gasteiger partial charge in [0, 0.05) is 34.9 Å². The van der Waals surface area contributed by atoms with E-state index in [2.05, 4.69) is 20.6 Å². The molecule has 0 unspecified atom stereocenters. The molecule has 11 heteroatoms. The lowest BCUT2D eigenvalue weighted by Crippen LogP contribution is -2.47. The predicted molar refractivity (Wildman–Crippen MR) is 142 cm³/mol. The second kappa shape index (κ2) is 9.82. The summed E-state index contributed by atoms with van der Waals surface area (Å²) in [5, 5.41) is 16.2. The fourth-order valence-electron chi connectivity index (χ4n) is 5.60. The molecule has 1 saturated carbocycles. The molecule has 2 aromatic heterocycles. The van der Waals surface area contributed by atoms with Crippen molar-refractivity contribution in [2.24, 2.45) is 0 Å². The van der Waals surface area contributed by atoms with E-state index in [4.69, 9.17) is 0 Å². The SMILES string of the molecule is C[C@@H](NC(=O)c1nc(C(=O)N2[C@H]3CC[C@H]2CC3)c(-c2cnc(NC3(C)CCC3)cc2C(F)F)s1)C(C)(C)O. The van der Waals surface area contributed by atoms with E-state index in [0.29, 0.717) is 5.82 Å². The number of carbonyl (C=O) groups is 2. The van der Waals surface area contributed by atoms with Crippen molar-refractivity contribution in [3.63, 3.8) is 0 Å². The molecule has 1 aliphatic carbocycles. The van der Waals surface area contributed by atoms with Gasteiger partial charge in [-0.1, -0.05) is 0 Å². The molecule has 3 fully saturated rings. The Morgan fingerprint density at radius 1 is 1.21 bits per heavy atom. The van der Waals surface area contributed by atoms with Crippen LogP contribution >= 0.6 is 11.3 Å². The first-order valence-corrected chi connectivity index (χ1v) is 14.1. The van der Waals surface area contributed by atoms with E-state index in [1.54, 1.807) is 20.8 Å². The van der Waals surface area contributed by atoms with Gasteiger partial charge in [-0.05, 0) is 78.7 Å². The molecular formula is C27H35F2N5O3S. The Bertz CT molecular complexity index is 1220. The zero-order valence-electron chi connectivity index (χ0n) is 22.2. The number of rotatable bonds is 8. The number of halogens is 2. The highest BCUT2D eigenvalue weighted by molar-refractivity contribution is 7.17. The molecular weight excluding hydrogens is 512 g/mol. The molecule has 2 aromatic rings. The van der Waals surface area contributed by atoms with Crippen LogP contribution in [0.3, 0.4) is 0 Å². The highest BCUT2D eigenvalue weighted by Gasteiger charge is 2.44. The monoisotopic (exact) mass is 547 g/mol. The minimum atomic E-state index is -2.82. The number of carbonyl (C=O) groups excluding carboxylic acids is 2. The molecule has 1 atom stereocenters. The zero-order chi connectivity index (χ0) is 27.4. The predicted octanol–water partition coefficient (Wildman–Crippen LogP) is 5.15. The molecule has 0 radical (unpaired) electrons. The molecule has 206 valence electrons. The van der Waals surface area contributed by atoms with Crippen molar-refractivity contribution in [3.8, 4) is 10.4 Å². The van der Waals surface area contributed by atoms with Crippen LogP contribution in [0.5, 0.6) is 0 Å². The third-order valence-electron chi connectivity index (χ3n) is 8.42. The van der Waals surface area contributed by atoms with Crippen LogP contribution in [-0.2, 0) is 0 Å². The molecule has 3 aliphatic rings. The number of anilines is 1. The average molecular weight is 548 g/mol. The number of alkyl halides is 2. The van der Waals surface area contributed by atoms with Crippen molar-refractivity contribution in [2.75, 3.05) is 5.32 Å². The largest absolute Gasteiger partial charge is 0.388 e. The Hall–Kier alpha value is -2.66. The second-order valence-corrected chi connectivity index (χ2v) is 12.7. The summed E-state index contributed by atoms with van der Waals surface area (Å²) >= 11 is 0.904. The summed E-state index contributed by atoms with van der Waals surface area (Å²) in [6.07, 6.45) is 5.14. The van der Waals surface area contributed by atoms with Crippen molar-refractivity contribution < 1.29 is 23.5 Å². The molecule has 38 heavy (non-hydrogen) atoms. The number of hydrogen-bond donors (Lipinski definition) is 3. The van der Waals surface area contributed by atoms with Crippen molar-refractivity contribution in [2.45, 2.75) is 108 Å². The van der Waals surface area contributed by atoms with Gasteiger partial charge in [-0.2, -0.15) is 0 Å². The lowest BCUT2D eigenvalue weighted by Gasteiger charge is -2.39. The van der Waals surface area contributed by atoms with Crippen LogP contribution in [0.15, 0.2) is 12.3 Å². The van der Waals surface area contributed by atoms with Gasteiger partial charge < -0.3 is 20.6 Å². The molecule has 2 saturated heterocycles. The summed E-state index contributed by atoms with van der Waals surface area (Å²) in [6.45, 7) is 6.85. The standard InChI is InChI=1S/C27H35F2N5O3S/c1-14(26(2,3)37)31-23(35)24-32-20(25(36)34-15-6-7-16(34)9-8-15)21(38-24)18-13-30-19(12-17(18)22(28)29)33-27(4)10-5-11-27/h12-16,22,37H,5-11H2,1-4H3,(H,30,33)(H,31,35)/t14-,15-,16-/m1/s1. The number of amides is 2. The highest BCUT2D eigenvalue weighted by atomic mass is 32.1. The first kappa shape index (κ1) is 26.9. The number of pyridine rings is 1. The van der Waals surface area contributed by atoms with Crippen LogP contribution in [0.4, 0.5) is 14.6 Å². The summed E-state index contributed by atoms with van der Waals surface area (Å²) in [7, 11) is 0. The summed E-state index contributed by atoms with van der Waals surface area (Å²) in [4.78, 5) is 37.7.